The van der Waals surface area contributed by atoms with Gasteiger partial charge in [0, 0.05) is 16.2 Å². The minimum Gasteiger partial charge on any atom is -0.507 e. The van der Waals surface area contributed by atoms with Crippen molar-refractivity contribution in [3.8, 4) is 5.75 Å². The number of phenols is 1. The monoisotopic (exact) mass is 342 g/mol. The highest BCUT2D eigenvalue weighted by Crippen LogP contribution is 2.40. The molecule has 21 heavy (non-hydrogen) atoms. The zero-order chi connectivity index (χ0) is 16.4. The summed E-state index contributed by atoms with van der Waals surface area (Å²) in [7, 11) is 0. The van der Waals surface area contributed by atoms with Gasteiger partial charge in [-0.05, 0) is 34.8 Å². The van der Waals surface area contributed by atoms with E-state index >= 15 is 0 Å². The van der Waals surface area contributed by atoms with Crippen molar-refractivity contribution >= 4 is 39.9 Å². The maximum atomic E-state index is 10.7. The molecule has 1 nitrogen and oxygen atoms in total. The van der Waals surface area contributed by atoms with E-state index in [0.717, 1.165) is 26.0 Å². The second-order valence-electron chi connectivity index (χ2n) is 7.26. The van der Waals surface area contributed by atoms with E-state index in [4.69, 9.17) is 12.2 Å². The molecule has 0 saturated carbocycles. The van der Waals surface area contributed by atoms with Gasteiger partial charge >= 0.3 is 0 Å². The first-order valence-corrected chi connectivity index (χ1v) is 9.81. The van der Waals surface area contributed by atoms with Crippen LogP contribution in [-0.4, -0.2) is 20.6 Å². The van der Waals surface area contributed by atoms with E-state index in [0.29, 0.717) is 5.75 Å². The molecule has 118 valence electrons. The Labute approximate surface area is 143 Å². The first-order valence-electron chi connectivity index (χ1n) is 7.02. The number of hydrogen-bond donors (Lipinski definition) is 1. The standard InChI is InChI=1S/C17H26OS3/c1-16(2,3)12-8-11(15(19)21-10-20-7)9-13(14(12)18)17(4,5)6/h8-9,18H,10H2,1-7H3. The van der Waals surface area contributed by atoms with Crippen LogP contribution in [-0.2, 0) is 10.8 Å². The minimum atomic E-state index is -0.111. The Morgan fingerprint density at radius 3 is 1.81 bits per heavy atom. The fraction of sp³-hybridized carbons (Fsp3) is 0.588. The van der Waals surface area contributed by atoms with E-state index < -0.39 is 0 Å². The van der Waals surface area contributed by atoms with Crippen molar-refractivity contribution in [1.82, 2.24) is 0 Å². The molecule has 0 aliphatic rings. The number of phenolic OH excluding ortho intramolecular Hbond substituents is 1. The van der Waals surface area contributed by atoms with E-state index in [1.165, 1.54) is 0 Å². The van der Waals surface area contributed by atoms with Crippen LogP contribution in [0.4, 0.5) is 0 Å². The number of rotatable bonds is 3. The first kappa shape index (κ1) is 18.9. The van der Waals surface area contributed by atoms with Crippen molar-refractivity contribution < 1.29 is 5.11 Å². The summed E-state index contributed by atoms with van der Waals surface area (Å²) >= 11 is 9.02. The number of benzene rings is 1. The Hall–Kier alpha value is -0.190. The van der Waals surface area contributed by atoms with Gasteiger partial charge in [0.25, 0.3) is 0 Å². The topological polar surface area (TPSA) is 20.2 Å². The van der Waals surface area contributed by atoms with Gasteiger partial charge < -0.3 is 5.11 Å². The van der Waals surface area contributed by atoms with Gasteiger partial charge in [-0.3, -0.25) is 0 Å². The second-order valence-corrected chi connectivity index (χ2v) is 10.1. The summed E-state index contributed by atoms with van der Waals surface area (Å²) in [6.45, 7) is 12.7. The molecular weight excluding hydrogens is 316 g/mol. The highest BCUT2D eigenvalue weighted by atomic mass is 32.2. The molecule has 0 bridgehead atoms. The molecule has 0 atom stereocenters. The molecule has 4 heteroatoms. The van der Waals surface area contributed by atoms with Crippen molar-refractivity contribution in [2.24, 2.45) is 0 Å². The third-order valence-electron chi connectivity index (χ3n) is 3.27. The predicted molar refractivity (Wildman–Crippen MR) is 103 cm³/mol. The number of aromatic hydroxyl groups is 1. The SMILES string of the molecule is CSCSC(=S)c1cc(C(C)(C)C)c(O)c(C(C)(C)C)c1. The van der Waals surface area contributed by atoms with Crippen LogP contribution in [0.1, 0.15) is 58.2 Å². The molecule has 0 aromatic heterocycles. The molecule has 0 radical (unpaired) electrons. The molecule has 0 unspecified atom stereocenters. The van der Waals surface area contributed by atoms with E-state index in [-0.39, 0.29) is 10.8 Å². The Morgan fingerprint density at radius 2 is 1.48 bits per heavy atom. The molecule has 0 aliphatic heterocycles. The van der Waals surface area contributed by atoms with Gasteiger partial charge in [-0.2, -0.15) is 11.8 Å². The lowest BCUT2D eigenvalue weighted by atomic mass is 9.78. The summed E-state index contributed by atoms with van der Waals surface area (Å²) < 4.78 is 0.903. The van der Waals surface area contributed by atoms with Crippen LogP contribution in [0.25, 0.3) is 0 Å². The molecule has 1 aromatic carbocycles. The van der Waals surface area contributed by atoms with Crippen LogP contribution in [0.15, 0.2) is 12.1 Å². The molecule has 0 heterocycles. The van der Waals surface area contributed by atoms with Crippen molar-refractivity contribution in [1.29, 1.82) is 0 Å². The van der Waals surface area contributed by atoms with Crippen molar-refractivity contribution in [2.75, 3.05) is 11.3 Å². The highest BCUT2D eigenvalue weighted by molar-refractivity contribution is 8.30. The maximum absolute atomic E-state index is 10.7. The zero-order valence-corrected chi connectivity index (χ0v) is 16.5. The molecule has 0 saturated heterocycles. The molecule has 1 N–H and O–H groups in total. The predicted octanol–water partition coefficient (Wildman–Crippen LogP) is 5.72. The first-order chi connectivity index (χ1) is 9.48. The molecule has 0 fully saturated rings. The Morgan fingerprint density at radius 1 is 1.05 bits per heavy atom. The lowest BCUT2D eigenvalue weighted by Crippen LogP contribution is -2.18. The third kappa shape index (κ3) is 4.90. The van der Waals surface area contributed by atoms with Gasteiger partial charge in [-0.1, -0.05) is 53.8 Å². The van der Waals surface area contributed by atoms with Crippen LogP contribution in [0.2, 0.25) is 0 Å². The Kier molecular flexibility index (Phi) is 6.22. The normalized spacial score (nSPS) is 12.5. The second kappa shape index (κ2) is 6.93. The molecule has 0 aliphatic carbocycles. The average Bonchev–Trinajstić information content (AvgIpc) is 2.33. The zero-order valence-electron chi connectivity index (χ0n) is 14.0. The summed E-state index contributed by atoms with van der Waals surface area (Å²) in [5.41, 5.74) is 2.77. The smallest absolute Gasteiger partial charge is 0.123 e. The Bertz CT molecular complexity index is 487. The van der Waals surface area contributed by atoms with E-state index in [1.54, 1.807) is 23.5 Å². The molecule has 1 rings (SSSR count). The van der Waals surface area contributed by atoms with Gasteiger partial charge in [0.05, 0.1) is 4.20 Å². The highest BCUT2D eigenvalue weighted by Gasteiger charge is 2.27. The number of thioether (sulfide) groups is 2. The van der Waals surface area contributed by atoms with Gasteiger partial charge in [0.15, 0.2) is 0 Å². The molecule has 0 amide bonds. The lowest BCUT2D eigenvalue weighted by Gasteiger charge is -2.28. The van der Waals surface area contributed by atoms with E-state index in [2.05, 4.69) is 59.9 Å². The van der Waals surface area contributed by atoms with Crippen LogP contribution in [0, 0.1) is 0 Å². The van der Waals surface area contributed by atoms with Crippen molar-refractivity contribution in [3.05, 3.63) is 28.8 Å². The molecule has 1 aromatic rings. The van der Waals surface area contributed by atoms with Crippen LogP contribution < -0.4 is 0 Å². The molecule has 0 spiro atoms. The van der Waals surface area contributed by atoms with Gasteiger partial charge in [-0.15, -0.1) is 11.8 Å². The summed E-state index contributed by atoms with van der Waals surface area (Å²) in [5.74, 6) is 0.413. The largest absolute Gasteiger partial charge is 0.507 e. The van der Waals surface area contributed by atoms with E-state index in [9.17, 15) is 5.11 Å². The molecular formula is C17H26OS3. The lowest BCUT2D eigenvalue weighted by molar-refractivity contribution is 0.423. The third-order valence-corrected chi connectivity index (χ3v) is 5.77. The number of hydrogen-bond acceptors (Lipinski definition) is 4. The van der Waals surface area contributed by atoms with Gasteiger partial charge in [0.1, 0.15) is 5.75 Å². The maximum Gasteiger partial charge on any atom is 0.123 e. The van der Waals surface area contributed by atoms with Gasteiger partial charge in [-0.25, -0.2) is 0 Å². The van der Waals surface area contributed by atoms with Crippen molar-refractivity contribution in [2.45, 2.75) is 52.4 Å². The number of thiocarbonyl (C=S) groups is 1. The Balaban J connectivity index is 3.44. The summed E-state index contributed by atoms with van der Waals surface area (Å²) in [6.07, 6.45) is 2.08. The average molecular weight is 343 g/mol. The van der Waals surface area contributed by atoms with Crippen molar-refractivity contribution in [3.63, 3.8) is 0 Å². The summed E-state index contributed by atoms with van der Waals surface area (Å²) in [5, 5.41) is 11.6. The van der Waals surface area contributed by atoms with Crippen LogP contribution in [0.5, 0.6) is 5.75 Å². The quantitative estimate of drug-likeness (QED) is 0.560. The van der Waals surface area contributed by atoms with E-state index in [1.807, 2.05) is 0 Å². The van der Waals surface area contributed by atoms with Crippen LogP contribution >= 0.6 is 35.7 Å². The summed E-state index contributed by atoms with van der Waals surface area (Å²) in [6, 6.07) is 4.11. The summed E-state index contributed by atoms with van der Waals surface area (Å²) in [4.78, 5) is 0. The minimum absolute atomic E-state index is 0.111. The van der Waals surface area contributed by atoms with Crippen LogP contribution in [0.3, 0.4) is 0 Å². The van der Waals surface area contributed by atoms with Gasteiger partial charge in [0.2, 0.25) is 0 Å². The fourth-order valence-electron chi connectivity index (χ4n) is 2.09. The fourth-order valence-corrected chi connectivity index (χ4v) is 3.83.